The van der Waals surface area contributed by atoms with Crippen molar-refractivity contribution in [2.45, 2.75) is 57.4 Å². The number of anilines is 2. The van der Waals surface area contributed by atoms with Crippen LogP contribution in [0.1, 0.15) is 51.0 Å². The molecule has 5 nitrogen and oxygen atoms in total. The maximum Gasteiger partial charge on any atom is 0.135 e. The highest BCUT2D eigenvalue weighted by molar-refractivity contribution is 5.56. The van der Waals surface area contributed by atoms with Crippen LogP contribution in [0.3, 0.4) is 0 Å². The first-order valence-corrected chi connectivity index (χ1v) is 7.19. The minimum atomic E-state index is -0.235. The van der Waals surface area contributed by atoms with E-state index in [1.807, 2.05) is 0 Å². The van der Waals surface area contributed by atoms with Crippen molar-refractivity contribution < 1.29 is 5.11 Å². The van der Waals surface area contributed by atoms with E-state index >= 15 is 0 Å². The van der Waals surface area contributed by atoms with Gasteiger partial charge in [-0.3, -0.25) is 0 Å². The maximum absolute atomic E-state index is 9.76. The summed E-state index contributed by atoms with van der Waals surface area (Å²) in [7, 11) is 0. The molecule has 1 fully saturated rings. The zero-order valence-corrected chi connectivity index (χ0v) is 11.7. The summed E-state index contributed by atoms with van der Waals surface area (Å²) >= 11 is 0. The van der Waals surface area contributed by atoms with E-state index in [1.165, 1.54) is 12.7 Å². The molecule has 0 bridgehead atoms. The average Bonchev–Trinajstić information content (AvgIpc) is 2.44. The first-order chi connectivity index (χ1) is 9.21. The fraction of sp³-hybridized carbons (Fsp3) is 0.714. The third-order valence-electron chi connectivity index (χ3n) is 3.98. The molecule has 0 atom stereocenters. The van der Waals surface area contributed by atoms with Gasteiger partial charge in [0.05, 0.1) is 12.1 Å². The smallest absolute Gasteiger partial charge is 0.135 e. The van der Waals surface area contributed by atoms with Crippen molar-refractivity contribution in [2.75, 3.05) is 17.7 Å². The lowest BCUT2D eigenvalue weighted by Gasteiger charge is -2.37. The lowest BCUT2D eigenvalue weighted by atomic mass is 9.82. The van der Waals surface area contributed by atoms with E-state index in [4.69, 9.17) is 5.73 Å². The van der Waals surface area contributed by atoms with Crippen molar-refractivity contribution >= 4 is 11.6 Å². The fourth-order valence-corrected chi connectivity index (χ4v) is 2.83. The van der Waals surface area contributed by atoms with Gasteiger partial charge in [0.25, 0.3) is 0 Å². The summed E-state index contributed by atoms with van der Waals surface area (Å²) in [5, 5.41) is 13.2. The van der Waals surface area contributed by atoms with Crippen LogP contribution >= 0.6 is 0 Å². The predicted octanol–water partition coefficient (Wildman–Crippen LogP) is 2.12. The van der Waals surface area contributed by atoms with Crippen LogP contribution in [0.4, 0.5) is 11.6 Å². The molecule has 0 unspecified atom stereocenters. The summed E-state index contributed by atoms with van der Waals surface area (Å²) in [4.78, 5) is 8.40. The van der Waals surface area contributed by atoms with Gasteiger partial charge < -0.3 is 16.2 Å². The van der Waals surface area contributed by atoms with Gasteiger partial charge in [-0.1, -0.05) is 32.6 Å². The van der Waals surface area contributed by atoms with Gasteiger partial charge in [-0.25, -0.2) is 9.97 Å². The Labute approximate surface area is 114 Å². The topological polar surface area (TPSA) is 84.1 Å². The molecular formula is C14H24N4O. The van der Waals surface area contributed by atoms with Gasteiger partial charge in [0.2, 0.25) is 0 Å². The Balaban J connectivity index is 2.23. The fourth-order valence-electron chi connectivity index (χ4n) is 2.83. The summed E-state index contributed by atoms with van der Waals surface area (Å²) < 4.78 is 0. The van der Waals surface area contributed by atoms with E-state index in [2.05, 4.69) is 22.2 Å². The summed E-state index contributed by atoms with van der Waals surface area (Å²) in [5.74, 6) is 1.34. The van der Waals surface area contributed by atoms with E-state index in [9.17, 15) is 5.11 Å². The summed E-state index contributed by atoms with van der Waals surface area (Å²) in [5.41, 5.74) is 6.68. The van der Waals surface area contributed by atoms with Crippen molar-refractivity contribution in [2.24, 2.45) is 0 Å². The Bertz CT molecular complexity index is 416. The van der Waals surface area contributed by atoms with Crippen molar-refractivity contribution in [3.05, 3.63) is 11.9 Å². The van der Waals surface area contributed by atoms with E-state index < -0.39 is 0 Å². The van der Waals surface area contributed by atoms with Gasteiger partial charge in [-0.05, 0) is 19.3 Å². The second-order valence-corrected chi connectivity index (χ2v) is 5.46. The van der Waals surface area contributed by atoms with Crippen LogP contribution in [0.25, 0.3) is 0 Å². The molecule has 106 valence electrons. The molecule has 0 aromatic carbocycles. The van der Waals surface area contributed by atoms with Crippen LogP contribution in [0.5, 0.6) is 0 Å². The maximum atomic E-state index is 9.76. The van der Waals surface area contributed by atoms with Crippen LogP contribution in [0.2, 0.25) is 0 Å². The number of aromatic nitrogens is 2. The van der Waals surface area contributed by atoms with E-state index in [0.717, 1.165) is 49.9 Å². The van der Waals surface area contributed by atoms with Crippen LogP contribution in [0, 0.1) is 0 Å². The number of nitrogens with one attached hydrogen (secondary N) is 1. The van der Waals surface area contributed by atoms with Crippen LogP contribution in [-0.2, 0) is 6.42 Å². The van der Waals surface area contributed by atoms with Crippen molar-refractivity contribution in [1.82, 2.24) is 9.97 Å². The molecule has 1 aliphatic rings. The largest absolute Gasteiger partial charge is 0.394 e. The second kappa shape index (κ2) is 6.19. The second-order valence-electron chi connectivity index (χ2n) is 5.46. The summed E-state index contributed by atoms with van der Waals surface area (Å²) in [6.45, 7) is 2.25. The number of nitrogen functional groups attached to an aromatic ring is 1. The van der Waals surface area contributed by atoms with Gasteiger partial charge >= 0.3 is 0 Å². The normalized spacial score (nSPS) is 18.2. The molecule has 5 heteroatoms. The molecule has 1 aromatic rings. The minimum Gasteiger partial charge on any atom is -0.394 e. The molecular weight excluding hydrogens is 240 g/mol. The molecule has 0 spiro atoms. The number of aliphatic hydroxyl groups excluding tert-OH is 1. The first-order valence-electron chi connectivity index (χ1n) is 7.19. The zero-order chi connectivity index (χ0) is 13.7. The Morgan fingerprint density at radius 3 is 2.68 bits per heavy atom. The van der Waals surface area contributed by atoms with Crippen LogP contribution in [0.15, 0.2) is 6.33 Å². The third kappa shape index (κ3) is 3.15. The standard InChI is InChI=1S/C14H24N4O/c1-2-6-11-12(15)16-10-17-13(11)18-14(9-19)7-4-3-5-8-14/h10,19H,2-9H2,1H3,(H3,15,16,17,18). The Morgan fingerprint density at radius 1 is 1.32 bits per heavy atom. The third-order valence-corrected chi connectivity index (χ3v) is 3.98. The summed E-state index contributed by atoms with van der Waals surface area (Å²) in [6, 6.07) is 0. The first kappa shape index (κ1) is 14.1. The molecule has 0 saturated heterocycles. The zero-order valence-electron chi connectivity index (χ0n) is 11.7. The van der Waals surface area contributed by atoms with Gasteiger partial charge in [0, 0.05) is 5.56 Å². The highest BCUT2D eigenvalue weighted by Gasteiger charge is 2.32. The van der Waals surface area contributed by atoms with E-state index in [1.54, 1.807) is 0 Å². The number of nitrogens with two attached hydrogens (primary N) is 1. The van der Waals surface area contributed by atoms with E-state index in [0.29, 0.717) is 5.82 Å². The van der Waals surface area contributed by atoms with Crippen LogP contribution < -0.4 is 11.1 Å². The molecule has 0 amide bonds. The number of rotatable bonds is 5. The summed E-state index contributed by atoms with van der Waals surface area (Å²) in [6.07, 6.45) is 8.86. The van der Waals surface area contributed by atoms with Crippen LogP contribution in [-0.4, -0.2) is 27.2 Å². The number of hydrogen-bond donors (Lipinski definition) is 3. The van der Waals surface area contributed by atoms with Crippen molar-refractivity contribution in [1.29, 1.82) is 0 Å². The predicted molar refractivity (Wildman–Crippen MR) is 77.0 cm³/mol. The molecule has 1 heterocycles. The average molecular weight is 264 g/mol. The molecule has 4 N–H and O–H groups in total. The lowest BCUT2D eigenvalue weighted by Crippen LogP contribution is -2.44. The van der Waals surface area contributed by atoms with Gasteiger partial charge in [0.1, 0.15) is 18.0 Å². The highest BCUT2D eigenvalue weighted by Crippen LogP contribution is 2.32. The monoisotopic (exact) mass is 264 g/mol. The minimum absolute atomic E-state index is 0.141. The SMILES string of the molecule is CCCc1c(N)ncnc1NC1(CO)CCCCC1. The highest BCUT2D eigenvalue weighted by atomic mass is 16.3. The molecule has 19 heavy (non-hydrogen) atoms. The Morgan fingerprint density at radius 2 is 2.05 bits per heavy atom. The van der Waals surface area contributed by atoms with E-state index in [-0.39, 0.29) is 12.1 Å². The molecule has 2 rings (SSSR count). The number of nitrogens with zero attached hydrogens (tertiary/aromatic N) is 2. The molecule has 1 saturated carbocycles. The van der Waals surface area contributed by atoms with Crippen molar-refractivity contribution in [3.8, 4) is 0 Å². The van der Waals surface area contributed by atoms with Gasteiger partial charge in [0.15, 0.2) is 0 Å². The molecule has 1 aliphatic carbocycles. The number of hydrogen-bond acceptors (Lipinski definition) is 5. The quantitative estimate of drug-likeness (QED) is 0.758. The molecule has 0 radical (unpaired) electrons. The van der Waals surface area contributed by atoms with Crippen molar-refractivity contribution in [3.63, 3.8) is 0 Å². The van der Waals surface area contributed by atoms with Gasteiger partial charge in [-0.15, -0.1) is 0 Å². The Hall–Kier alpha value is -1.36. The number of aliphatic hydroxyl groups is 1. The van der Waals surface area contributed by atoms with Gasteiger partial charge in [-0.2, -0.15) is 0 Å². The lowest BCUT2D eigenvalue weighted by molar-refractivity contribution is 0.172. The molecule has 1 aromatic heterocycles. The Kier molecular flexibility index (Phi) is 4.58. The molecule has 0 aliphatic heterocycles.